The van der Waals surface area contributed by atoms with Crippen molar-refractivity contribution in [3.8, 4) is 0 Å². The largest absolute Gasteiger partial charge is 0.478 e. The molecule has 0 aliphatic carbocycles. The zero-order valence-corrected chi connectivity index (χ0v) is 10.9. The minimum absolute atomic E-state index is 0.318. The van der Waals surface area contributed by atoms with Crippen molar-refractivity contribution in [1.29, 1.82) is 0 Å². The molecule has 3 nitrogen and oxygen atoms in total. The summed E-state index contributed by atoms with van der Waals surface area (Å²) < 4.78 is 1.16. The highest BCUT2D eigenvalue weighted by Crippen LogP contribution is 2.23. The maximum atomic E-state index is 10.9. The molecule has 0 aliphatic rings. The van der Waals surface area contributed by atoms with E-state index in [-0.39, 0.29) is 0 Å². The Bertz CT molecular complexity index is 715. The van der Waals surface area contributed by atoms with Crippen molar-refractivity contribution in [3.63, 3.8) is 0 Å². The molecule has 4 heteroatoms. The van der Waals surface area contributed by atoms with Gasteiger partial charge in [-0.1, -0.05) is 24.3 Å². The van der Waals surface area contributed by atoms with E-state index < -0.39 is 5.97 Å². The van der Waals surface area contributed by atoms with Crippen molar-refractivity contribution < 1.29 is 9.90 Å². The third-order valence-electron chi connectivity index (χ3n) is 2.87. The Morgan fingerprint density at radius 2 is 2.00 bits per heavy atom. The number of carbonyl (C=O) groups is 1. The number of benzene rings is 2. The molecule has 94 valence electrons. The van der Waals surface area contributed by atoms with E-state index in [0.717, 1.165) is 20.8 Å². The summed E-state index contributed by atoms with van der Waals surface area (Å²) in [7, 11) is 0. The molecule has 0 atom stereocenters. The summed E-state index contributed by atoms with van der Waals surface area (Å²) in [5, 5.41) is 9.98. The number of nitrogens with zero attached hydrogens (tertiary/aromatic N) is 1. The SMILES string of the molecule is O=C(O)c1cccc(Cc2nc3ccccc3s2)c1. The Kier molecular flexibility index (Phi) is 3.01. The second kappa shape index (κ2) is 4.82. The molecule has 0 unspecified atom stereocenters. The van der Waals surface area contributed by atoms with Crippen molar-refractivity contribution in [1.82, 2.24) is 4.98 Å². The molecule has 3 aromatic rings. The standard InChI is InChI=1S/C15H11NO2S/c17-15(18)11-5-3-4-10(8-11)9-14-16-12-6-1-2-7-13(12)19-14/h1-8H,9H2,(H,17,18). The van der Waals surface area contributed by atoms with Crippen molar-refractivity contribution in [3.05, 3.63) is 64.7 Å². The molecular formula is C15H11NO2S. The maximum Gasteiger partial charge on any atom is 0.335 e. The van der Waals surface area contributed by atoms with Crippen LogP contribution in [0.1, 0.15) is 20.9 Å². The van der Waals surface area contributed by atoms with Gasteiger partial charge in [-0.25, -0.2) is 9.78 Å². The van der Waals surface area contributed by atoms with E-state index >= 15 is 0 Å². The van der Waals surface area contributed by atoms with Gasteiger partial charge in [0.15, 0.2) is 0 Å². The number of fused-ring (bicyclic) bond motifs is 1. The first-order valence-electron chi connectivity index (χ1n) is 5.89. The van der Waals surface area contributed by atoms with Gasteiger partial charge in [0.2, 0.25) is 0 Å². The number of hydrogen-bond donors (Lipinski definition) is 1. The molecule has 0 amide bonds. The second-order valence-electron chi connectivity index (χ2n) is 4.26. The molecule has 0 bridgehead atoms. The van der Waals surface area contributed by atoms with Crippen LogP contribution in [-0.2, 0) is 6.42 Å². The van der Waals surface area contributed by atoms with Crippen LogP contribution < -0.4 is 0 Å². The molecule has 1 heterocycles. The van der Waals surface area contributed by atoms with Crippen LogP contribution in [0, 0.1) is 0 Å². The summed E-state index contributed by atoms with van der Waals surface area (Å²) in [6.45, 7) is 0. The summed E-state index contributed by atoms with van der Waals surface area (Å²) in [6.07, 6.45) is 0.667. The van der Waals surface area contributed by atoms with E-state index in [9.17, 15) is 4.79 Å². The monoisotopic (exact) mass is 269 g/mol. The topological polar surface area (TPSA) is 50.2 Å². The van der Waals surface area contributed by atoms with Gasteiger partial charge in [-0.05, 0) is 29.8 Å². The predicted octanol–water partition coefficient (Wildman–Crippen LogP) is 3.59. The summed E-state index contributed by atoms with van der Waals surface area (Å²) in [5.74, 6) is -0.897. The molecule has 1 aromatic heterocycles. The zero-order valence-electron chi connectivity index (χ0n) is 10.0. The smallest absolute Gasteiger partial charge is 0.335 e. The fourth-order valence-electron chi connectivity index (χ4n) is 1.98. The second-order valence-corrected chi connectivity index (χ2v) is 5.37. The third kappa shape index (κ3) is 2.48. The van der Waals surface area contributed by atoms with Gasteiger partial charge in [-0.15, -0.1) is 11.3 Å². The molecule has 0 fully saturated rings. The molecule has 0 aliphatic heterocycles. The van der Waals surface area contributed by atoms with Gasteiger partial charge in [0.1, 0.15) is 0 Å². The molecule has 19 heavy (non-hydrogen) atoms. The van der Waals surface area contributed by atoms with Crippen LogP contribution in [0.5, 0.6) is 0 Å². The number of thiazole rings is 1. The van der Waals surface area contributed by atoms with Crippen LogP contribution in [0.3, 0.4) is 0 Å². The van der Waals surface area contributed by atoms with E-state index in [1.807, 2.05) is 30.3 Å². The molecule has 0 saturated carbocycles. The zero-order chi connectivity index (χ0) is 13.2. The van der Waals surface area contributed by atoms with E-state index in [1.165, 1.54) is 0 Å². The predicted molar refractivity (Wildman–Crippen MR) is 75.8 cm³/mol. The summed E-state index contributed by atoms with van der Waals surface area (Å²) in [6, 6.07) is 15.0. The van der Waals surface area contributed by atoms with Gasteiger partial charge >= 0.3 is 5.97 Å². The van der Waals surface area contributed by atoms with Gasteiger partial charge in [0.25, 0.3) is 0 Å². The fourth-order valence-corrected chi connectivity index (χ4v) is 2.99. The lowest BCUT2D eigenvalue weighted by atomic mass is 10.1. The molecule has 0 radical (unpaired) electrons. The van der Waals surface area contributed by atoms with Gasteiger partial charge in [0.05, 0.1) is 20.8 Å². The number of hydrogen-bond acceptors (Lipinski definition) is 3. The lowest BCUT2D eigenvalue weighted by Crippen LogP contribution is -1.97. The number of carboxylic acids is 1. The van der Waals surface area contributed by atoms with Crippen molar-refractivity contribution in [2.24, 2.45) is 0 Å². The Hall–Kier alpha value is -2.20. The maximum absolute atomic E-state index is 10.9. The Balaban J connectivity index is 1.92. The average molecular weight is 269 g/mol. The molecule has 3 rings (SSSR count). The quantitative estimate of drug-likeness (QED) is 0.790. The number of rotatable bonds is 3. The average Bonchev–Trinajstić information content (AvgIpc) is 2.81. The highest BCUT2D eigenvalue weighted by molar-refractivity contribution is 7.18. The first-order valence-corrected chi connectivity index (χ1v) is 6.71. The van der Waals surface area contributed by atoms with Crippen LogP contribution in [0.25, 0.3) is 10.2 Å². The lowest BCUT2D eigenvalue weighted by Gasteiger charge is -1.99. The van der Waals surface area contributed by atoms with Gasteiger partial charge in [-0.2, -0.15) is 0 Å². The first kappa shape index (κ1) is 11.9. The van der Waals surface area contributed by atoms with Crippen molar-refractivity contribution in [2.75, 3.05) is 0 Å². The van der Waals surface area contributed by atoms with E-state index in [4.69, 9.17) is 5.11 Å². The van der Waals surface area contributed by atoms with Crippen LogP contribution in [-0.4, -0.2) is 16.1 Å². The number of aromatic nitrogens is 1. The fraction of sp³-hybridized carbons (Fsp3) is 0.0667. The Morgan fingerprint density at radius 3 is 2.79 bits per heavy atom. The van der Waals surface area contributed by atoms with Gasteiger partial charge in [-0.3, -0.25) is 0 Å². The van der Waals surface area contributed by atoms with E-state index in [0.29, 0.717) is 12.0 Å². The lowest BCUT2D eigenvalue weighted by molar-refractivity contribution is 0.0697. The van der Waals surface area contributed by atoms with Gasteiger partial charge < -0.3 is 5.11 Å². The number of para-hydroxylation sites is 1. The van der Waals surface area contributed by atoms with E-state index in [1.54, 1.807) is 29.5 Å². The Morgan fingerprint density at radius 1 is 1.16 bits per heavy atom. The Labute approximate surface area is 114 Å². The van der Waals surface area contributed by atoms with Crippen LogP contribution in [0.2, 0.25) is 0 Å². The first-order chi connectivity index (χ1) is 9.22. The van der Waals surface area contributed by atoms with Crippen LogP contribution in [0.4, 0.5) is 0 Å². The summed E-state index contributed by atoms with van der Waals surface area (Å²) >= 11 is 1.65. The minimum Gasteiger partial charge on any atom is -0.478 e. The highest BCUT2D eigenvalue weighted by Gasteiger charge is 2.07. The van der Waals surface area contributed by atoms with Crippen molar-refractivity contribution in [2.45, 2.75) is 6.42 Å². The number of carboxylic acid groups (broad SMARTS) is 1. The molecular weight excluding hydrogens is 258 g/mol. The van der Waals surface area contributed by atoms with Gasteiger partial charge in [0, 0.05) is 6.42 Å². The minimum atomic E-state index is -0.897. The highest BCUT2D eigenvalue weighted by atomic mass is 32.1. The number of aromatic carboxylic acids is 1. The molecule has 2 aromatic carbocycles. The molecule has 1 N–H and O–H groups in total. The summed E-state index contributed by atoms with van der Waals surface area (Å²) in [5.41, 5.74) is 2.29. The van der Waals surface area contributed by atoms with Crippen molar-refractivity contribution >= 4 is 27.5 Å². The van der Waals surface area contributed by atoms with E-state index in [2.05, 4.69) is 4.98 Å². The van der Waals surface area contributed by atoms with Crippen LogP contribution >= 0.6 is 11.3 Å². The molecule has 0 saturated heterocycles. The summed E-state index contributed by atoms with van der Waals surface area (Å²) in [4.78, 5) is 15.5. The normalized spacial score (nSPS) is 10.7. The third-order valence-corrected chi connectivity index (χ3v) is 3.90. The van der Waals surface area contributed by atoms with Crippen LogP contribution in [0.15, 0.2) is 48.5 Å². The molecule has 0 spiro atoms.